The maximum atomic E-state index is 11.3. The molecule has 0 heterocycles. The second-order valence-corrected chi connectivity index (χ2v) is 2.33. The van der Waals surface area contributed by atoms with Gasteiger partial charge in [0, 0.05) is 0 Å². The number of hydrogen-bond acceptors (Lipinski definition) is 1. The Labute approximate surface area is 53.0 Å². The van der Waals surface area contributed by atoms with Gasteiger partial charge >= 0.3 is 6.61 Å². The maximum Gasteiger partial charge on any atom is 0.448 e. The first kappa shape index (κ1) is 6.93. The van der Waals surface area contributed by atoms with Crippen LogP contribution in [0.1, 0.15) is 19.3 Å². The topological polar surface area (TPSA) is 9.23 Å². The van der Waals surface area contributed by atoms with Crippen LogP contribution in [0.3, 0.4) is 0 Å². The highest BCUT2D eigenvalue weighted by Gasteiger charge is 2.19. The van der Waals surface area contributed by atoms with E-state index in [0.717, 1.165) is 12.8 Å². The molecule has 0 aromatic heterocycles. The lowest BCUT2D eigenvalue weighted by molar-refractivity contribution is -0.0440. The quantitative estimate of drug-likeness (QED) is 0.576. The van der Waals surface area contributed by atoms with E-state index in [9.17, 15) is 8.78 Å². The molecule has 1 rings (SSSR count). The van der Waals surface area contributed by atoms with Crippen LogP contribution in [0.25, 0.3) is 0 Å². The highest BCUT2D eigenvalue weighted by molar-refractivity contribution is 4.68. The predicted octanol–water partition coefficient (Wildman–Crippen LogP) is 2.19. The normalized spacial score (nSPS) is 20.3. The van der Waals surface area contributed by atoms with E-state index in [0.29, 0.717) is 5.92 Å². The van der Waals surface area contributed by atoms with Crippen LogP contribution in [-0.2, 0) is 4.74 Å². The lowest BCUT2D eigenvalue weighted by Gasteiger charge is -2.24. The molecule has 0 unspecified atom stereocenters. The number of halogens is 2. The molecule has 9 heavy (non-hydrogen) atoms. The monoisotopic (exact) mass is 135 g/mol. The zero-order valence-corrected chi connectivity index (χ0v) is 5.07. The SMILES string of the molecule is F[C](F)OCC1CCC1. The second-order valence-electron chi connectivity index (χ2n) is 2.33. The van der Waals surface area contributed by atoms with Crippen LogP contribution in [0.5, 0.6) is 0 Å². The third kappa shape index (κ3) is 2.26. The Hall–Kier alpha value is -0.180. The van der Waals surface area contributed by atoms with Crippen molar-refractivity contribution in [2.75, 3.05) is 6.61 Å². The zero-order chi connectivity index (χ0) is 6.69. The maximum absolute atomic E-state index is 11.3. The molecule has 0 N–H and O–H groups in total. The molecule has 0 saturated heterocycles. The first-order valence-electron chi connectivity index (χ1n) is 3.10. The Bertz CT molecular complexity index is 81.1. The van der Waals surface area contributed by atoms with Crippen LogP contribution in [0.15, 0.2) is 0 Å². The summed E-state index contributed by atoms with van der Waals surface area (Å²) in [5, 5.41) is 0. The molecular weight excluding hydrogens is 126 g/mol. The van der Waals surface area contributed by atoms with E-state index < -0.39 is 6.61 Å². The molecule has 1 radical (unpaired) electrons. The van der Waals surface area contributed by atoms with Gasteiger partial charge in [-0.15, -0.1) is 0 Å². The smallest absolute Gasteiger partial charge is 0.313 e. The molecular formula is C6H9F2O. The van der Waals surface area contributed by atoms with Crippen molar-refractivity contribution in [3.63, 3.8) is 0 Å². The molecule has 1 aliphatic rings. The molecule has 0 aromatic rings. The molecule has 0 aromatic carbocycles. The summed E-state index contributed by atoms with van der Waals surface area (Å²) in [7, 11) is 0. The largest absolute Gasteiger partial charge is 0.448 e. The third-order valence-electron chi connectivity index (χ3n) is 1.65. The van der Waals surface area contributed by atoms with Crippen LogP contribution < -0.4 is 0 Å². The summed E-state index contributed by atoms with van der Waals surface area (Å²) in [5.41, 5.74) is 0. The van der Waals surface area contributed by atoms with Crippen molar-refractivity contribution in [2.24, 2.45) is 5.92 Å². The molecule has 1 fully saturated rings. The minimum atomic E-state index is -1.90. The molecule has 0 spiro atoms. The van der Waals surface area contributed by atoms with Crippen molar-refractivity contribution < 1.29 is 13.5 Å². The lowest BCUT2D eigenvalue weighted by atomic mass is 9.86. The minimum Gasteiger partial charge on any atom is -0.313 e. The molecule has 0 amide bonds. The highest BCUT2D eigenvalue weighted by Crippen LogP contribution is 2.27. The van der Waals surface area contributed by atoms with Gasteiger partial charge in [-0.3, -0.25) is 0 Å². The van der Waals surface area contributed by atoms with Crippen LogP contribution >= 0.6 is 0 Å². The number of ether oxygens (including phenoxy) is 1. The zero-order valence-electron chi connectivity index (χ0n) is 5.07. The fourth-order valence-corrected chi connectivity index (χ4v) is 0.840. The average molecular weight is 135 g/mol. The van der Waals surface area contributed by atoms with E-state index in [2.05, 4.69) is 4.74 Å². The van der Waals surface area contributed by atoms with E-state index >= 15 is 0 Å². The Morgan fingerprint density at radius 2 is 2.11 bits per heavy atom. The molecule has 0 atom stereocenters. The van der Waals surface area contributed by atoms with Crippen molar-refractivity contribution >= 4 is 0 Å². The Morgan fingerprint density at radius 1 is 1.44 bits per heavy atom. The standard InChI is InChI=1S/C6H9F2O/c7-6(8)9-4-5-2-1-3-5/h5H,1-4H2. The number of hydrogen-bond donors (Lipinski definition) is 0. The van der Waals surface area contributed by atoms with E-state index in [1.807, 2.05) is 0 Å². The van der Waals surface area contributed by atoms with Crippen molar-refractivity contribution in [3.05, 3.63) is 6.61 Å². The third-order valence-corrected chi connectivity index (χ3v) is 1.65. The van der Waals surface area contributed by atoms with E-state index in [4.69, 9.17) is 0 Å². The Balaban J connectivity index is 1.91. The molecule has 0 aliphatic heterocycles. The molecule has 1 aliphatic carbocycles. The van der Waals surface area contributed by atoms with E-state index in [-0.39, 0.29) is 6.61 Å². The molecule has 1 saturated carbocycles. The van der Waals surface area contributed by atoms with Gasteiger partial charge in [-0.2, -0.15) is 8.78 Å². The predicted molar refractivity (Wildman–Crippen MR) is 28.8 cm³/mol. The molecule has 53 valence electrons. The van der Waals surface area contributed by atoms with Gasteiger partial charge in [-0.05, 0) is 18.8 Å². The van der Waals surface area contributed by atoms with Crippen molar-refractivity contribution in [3.8, 4) is 0 Å². The average Bonchev–Trinajstić information content (AvgIpc) is 1.60. The molecule has 0 bridgehead atoms. The van der Waals surface area contributed by atoms with Crippen molar-refractivity contribution in [1.29, 1.82) is 0 Å². The fourth-order valence-electron chi connectivity index (χ4n) is 0.840. The van der Waals surface area contributed by atoms with Crippen LogP contribution in [0, 0.1) is 12.5 Å². The van der Waals surface area contributed by atoms with Gasteiger partial charge in [-0.1, -0.05) is 6.42 Å². The second kappa shape index (κ2) is 3.11. The minimum absolute atomic E-state index is 0.211. The van der Waals surface area contributed by atoms with Gasteiger partial charge in [0.2, 0.25) is 0 Å². The summed E-state index contributed by atoms with van der Waals surface area (Å²) in [6.07, 6.45) is 3.27. The van der Waals surface area contributed by atoms with Gasteiger partial charge in [0.05, 0.1) is 6.61 Å². The summed E-state index contributed by atoms with van der Waals surface area (Å²) in [5.74, 6) is 0.395. The van der Waals surface area contributed by atoms with Gasteiger partial charge in [0.15, 0.2) is 0 Å². The Morgan fingerprint density at radius 3 is 2.44 bits per heavy atom. The van der Waals surface area contributed by atoms with Gasteiger partial charge < -0.3 is 4.74 Å². The van der Waals surface area contributed by atoms with Crippen LogP contribution in [0.2, 0.25) is 0 Å². The van der Waals surface area contributed by atoms with E-state index in [1.165, 1.54) is 6.42 Å². The lowest BCUT2D eigenvalue weighted by Crippen LogP contribution is -2.17. The van der Waals surface area contributed by atoms with Crippen LogP contribution in [0.4, 0.5) is 8.78 Å². The summed E-state index contributed by atoms with van der Waals surface area (Å²) < 4.78 is 26.5. The van der Waals surface area contributed by atoms with E-state index in [1.54, 1.807) is 0 Å². The first-order valence-corrected chi connectivity index (χ1v) is 3.10. The number of rotatable bonds is 3. The van der Waals surface area contributed by atoms with Gasteiger partial charge in [-0.25, -0.2) is 0 Å². The highest BCUT2D eigenvalue weighted by atomic mass is 19.3. The molecule has 3 heteroatoms. The van der Waals surface area contributed by atoms with Crippen molar-refractivity contribution in [1.82, 2.24) is 0 Å². The van der Waals surface area contributed by atoms with Crippen LogP contribution in [-0.4, -0.2) is 6.61 Å². The summed E-state index contributed by atoms with van der Waals surface area (Å²) in [4.78, 5) is 0. The van der Waals surface area contributed by atoms with Crippen molar-refractivity contribution in [2.45, 2.75) is 19.3 Å². The molecule has 1 nitrogen and oxygen atoms in total. The van der Waals surface area contributed by atoms with Gasteiger partial charge in [0.25, 0.3) is 0 Å². The summed E-state index contributed by atoms with van der Waals surface area (Å²) in [6, 6.07) is 0. The summed E-state index contributed by atoms with van der Waals surface area (Å²) in [6.45, 7) is -1.69. The Kier molecular flexibility index (Phi) is 2.39. The first-order chi connectivity index (χ1) is 4.29. The summed E-state index contributed by atoms with van der Waals surface area (Å²) >= 11 is 0. The fraction of sp³-hybridized carbons (Fsp3) is 0.833. The van der Waals surface area contributed by atoms with Gasteiger partial charge in [0.1, 0.15) is 0 Å².